The van der Waals surface area contributed by atoms with Crippen molar-refractivity contribution in [2.75, 3.05) is 13.1 Å². The fourth-order valence-corrected chi connectivity index (χ4v) is 2.93. The van der Waals surface area contributed by atoms with Crippen LogP contribution in [0, 0.1) is 0 Å². The molecular formula is C11H12N4OS. The maximum atomic E-state index is 11.4. The Hall–Kier alpha value is -1.53. The van der Waals surface area contributed by atoms with Crippen molar-refractivity contribution in [1.82, 2.24) is 15.3 Å². The van der Waals surface area contributed by atoms with Crippen LogP contribution in [0.4, 0.5) is 0 Å². The van der Waals surface area contributed by atoms with E-state index in [4.69, 9.17) is 5.73 Å². The fraction of sp³-hybridized carbons (Fsp3) is 0.364. The van der Waals surface area contributed by atoms with Crippen LogP contribution in [-0.2, 0) is 0 Å². The van der Waals surface area contributed by atoms with E-state index in [1.165, 1.54) is 11.3 Å². The van der Waals surface area contributed by atoms with Gasteiger partial charge >= 0.3 is 0 Å². The van der Waals surface area contributed by atoms with Gasteiger partial charge in [0.1, 0.15) is 11.5 Å². The first-order valence-electron chi connectivity index (χ1n) is 5.51. The van der Waals surface area contributed by atoms with Crippen LogP contribution in [0.25, 0.3) is 10.2 Å². The summed E-state index contributed by atoms with van der Waals surface area (Å²) < 4.78 is 0.784. The molecule has 0 radical (unpaired) electrons. The van der Waals surface area contributed by atoms with E-state index in [2.05, 4.69) is 15.3 Å². The molecule has 0 aromatic carbocycles. The molecule has 1 atom stereocenters. The smallest absolute Gasteiger partial charge is 0.268 e. The second-order valence-electron chi connectivity index (χ2n) is 4.12. The predicted molar refractivity (Wildman–Crippen MR) is 66.2 cm³/mol. The molecule has 1 aliphatic heterocycles. The zero-order valence-electron chi connectivity index (χ0n) is 9.14. The van der Waals surface area contributed by atoms with E-state index in [-0.39, 0.29) is 5.92 Å². The summed E-state index contributed by atoms with van der Waals surface area (Å²) in [5.74, 6) is 0.541. The number of primary amides is 1. The van der Waals surface area contributed by atoms with Crippen molar-refractivity contribution in [3.05, 3.63) is 23.0 Å². The zero-order valence-corrected chi connectivity index (χ0v) is 9.96. The predicted octanol–water partition coefficient (Wildman–Crippen LogP) is 0.867. The highest BCUT2D eigenvalue weighted by Crippen LogP contribution is 2.26. The van der Waals surface area contributed by atoms with Crippen LogP contribution in [0.3, 0.4) is 0 Å². The Kier molecular flexibility index (Phi) is 2.53. The SMILES string of the molecule is NC(=O)c1nc([C@H]2CCNC2)nc2ccsc12. The molecule has 0 saturated carbocycles. The van der Waals surface area contributed by atoms with Crippen molar-refractivity contribution in [3.63, 3.8) is 0 Å². The third kappa shape index (κ3) is 1.79. The highest BCUT2D eigenvalue weighted by molar-refractivity contribution is 7.17. The molecule has 0 bridgehead atoms. The van der Waals surface area contributed by atoms with E-state index in [9.17, 15) is 4.79 Å². The number of fused-ring (bicyclic) bond motifs is 1. The summed E-state index contributed by atoms with van der Waals surface area (Å²) in [7, 11) is 0. The Morgan fingerprint density at radius 2 is 2.41 bits per heavy atom. The van der Waals surface area contributed by atoms with Crippen LogP contribution in [0.15, 0.2) is 11.4 Å². The molecule has 3 rings (SSSR count). The minimum absolute atomic E-state index is 0.289. The van der Waals surface area contributed by atoms with E-state index < -0.39 is 5.91 Å². The number of nitrogens with zero attached hydrogens (tertiary/aromatic N) is 2. The number of thiophene rings is 1. The molecule has 0 unspecified atom stereocenters. The van der Waals surface area contributed by atoms with Gasteiger partial charge in [-0.25, -0.2) is 9.97 Å². The van der Waals surface area contributed by atoms with E-state index in [0.29, 0.717) is 5.69 Å². The van der Waals surface area contributed by atoms with Gasteiger partial charge in [0.2, 0.25) is 0 Å². The molecular weight excluding hydrogens is 236 g/mol. The fourth-order valence-electron chi connectivity index (χ4n) is 2.11. The van der Waals surface area contributed by atoms with Gasteiger partial charge in [0.05, 0.1) is 10.2 Å². The maximum absolute atomic E-state index is 11.4. The van der Waals surface area contributed by atoms with Crippen molar-refractivity contribution in [1.29, 1.82) is 0 Å². The van der Waals surface area contributed by atoms with Crippen molar-refractivity contribution >= 4 is 27.5 Å². The summed E-state index contributed by atoms with van der Waals surface area (Å²) in [6.45, 7) is 1.84. The zero-order chi connectivity index (χ0) is 11.8. The molecule has 1 saturated heterocycles. The van der Waals surface area contributed by atoms with Gasteiger partial charge in [0.15, 0.2) is 0 Å². The van der Waals surface area contributed by atoms with E-state index in [1.54, 1.807) is 0 Å². The van der Waals surface area contributed by atoms with E-state index in [1.807, 2.05) is 11.4 Å². The Labute approximate surface area is 102 Å². The largest absolute Gasteiger partial charge is 0.364 e. The van der Waals surface area contributed by atoms with Crippen LogP contribution in [0.1, 0.15) is 28.7 Å². The number of carbonyl (C=O) groups excluding carboxylic acids is 1. The lowest BCUT2D eigenvalue weighted by Crippen LogP contribution is -2.17. The van der Waals surface area contributed by atoms with E-state index >= 15 is 0 Å². The second kappa shape index (κ2) is 4.05. The first-order chi connectivity index (χ1) is 8.25. The summed E-state index contributed by atoms with van der Waals surface area (Å²) >= 11 is 1.45. The molecule has 3 N–H and O–H groups in total. The lowest BCUT2D eigenvalue weighted by atomic mass is 10.1. The molecule has 0 aliphatic carbocycles. The summed E-state index contributed by atoms with van der Waals surface area (Å²) in [6.07, 6.45) is 1.01. The molecule has 1 fully saturated rings. The minimum Gasteiger partial charge on any atom is -0.364 e. The summed E-state index contributed by atoms with van der Waals surface area (Å²) in [5, 5.41) is 5.17. The number of nitrogens with two attached hydrogens (primary N) is 1. The van der Waals surface area contributed by atoms with Gasteiger partial charge in [0, 0.05) is 12.5 Å². The average molecular weight is 248 g/mol. The normalized spacial score (nSPS) is 19.9. The monoisotopic (exact) mass is 248 g/mol. The number of carbonyl (C=O) groups is 1. The van der Waals surface area contributed by atoms with Crippen LogP contribution < -0.4 is 11.1 Å². The number of rotatable bonds is 2. The van der Waals surface area contributed by atoms with Crippen molar-refractivity contribution in [3.8, 4) is 0 Å². The third-order valence-corrected chi connectivity index (χ3v) is 3.89. The number of hydrogen-bond donors (Lipinski definition) is 2. The number of hydrogen-bond acceptors (Lipinski definition) is 5. The van der Waals surface area contributed by atoms with Gasteiger partial charge in [-0.15, -0.1) is 11.3 Å². The number of aromatic nitrogens is 2. The maximum Gasteiger partial charge on any atom is 0.268 e. The molecule has 2 aromatic rings. The Morgan fingerprint density at radius 3 is 3.12 bits per heavy atom. The standard InChI is InChI=1S/C11H12N4OS/c12-10(16)8-9-7(2-4-17-9)14-11(15-8)6-1-3-13-5-6/h2,4,6,13H,1,3,5H2,(H2,12,16)/t6-/m0/s1. The van der Waals surface area contributed by atoms with Crippen LogP contribution in [0.5, 0.6) is 0 Å². The third-order valence-electron chi connectivity index (χ3n) is 2.98. The van der Waals surface area contributed by atoms with Gasteiger partial charge in [-0.3, -0.25) is 4.79 Å². The first kappa shape index (κ1) is 10.6. The Bertz CT molecular complexity index is 574. The topological polar surface area (TPSA) is 80.9 Å². The molecule has 5 nitrogen and oxygen atoms in total. The summed E-state index contributed by atoms with van der Waals surface area (Å²) in [4.78, 5) is 20.3. The molecule has 17 heavy (non-hydrogen) atoms. The summed E-state index contributed by atoms with van der Waals surface area (Å²) in [6, 6.07) is 1.90. The molecule has 1 aliphatic rings. The van der Waals surface area contributed by atoms with E-state index in [0.717, 1.165) is 35.6 Å². The Balaban J connectivity index is 2.16. The highest BCUT2D eigenvalue weighted by atomic mass is 32.1. The van der Waals surface area contributed by atoms with Crippen molar-refractivity contribution < 1.29 is 4.79 Å². The van der Waals surface area contributed by atoms with Gasteiger partial charge < -0.3 is 11.1 Å². The quantitative estimate of drug-likeness (QED) is 0.826. The number of amides is 1. The van der Waals surface area contributed by atoms with Gasteiger partial charge in [-0.1, -0.05) is 0 Å². The Morgan fingerprint density at radius 1 is 1.53 bits per heavy atom. The lowest BCUT2D eigenvalue weighted by molar-refractivity contribution is 0.0997. The van der Waals surface area contributed by atoms with Crippen molar-refractivity contribution in [2.24, 2.45) is 5.73 Å². The molecule has 0 spiro atoms. The van der Waals surface area contributed by atoms with Crippen LogP contribution >= 0.6 is 11.3 Å². The average Bonchev–Trinajstić information content (AvgIpc) is 2.98. The highest BCUT2D eigenvalue weighted by Gasteiger charge is 2.22. The summed E-state index contributed by atoms with van der Waals surface area (Å²) in [5.41, 5.74) is 6.54. The minimum atomic E-state index is -0.480. The van der Waals surface area contributed by atoms with Gasteiger partial charge in [-0.05, 0) is 24.4 Å². The van der Waals surface area contributed by atoms with Gasteiger partial charge in [0.25, 0.3) is 5.91 Å². The van der Waals surface area contributed by atoms with Crippen molar-refractivity contribution in [2.45, 2.75) is 12.3 Å². The molecule has 2 aromatic heterocycles. The van der Waals surface area contributed by atoms with Crippen LogP contribution in [0.2, 0.25) is 0 Å². The molecule has 6 heteroatoms. The molecule has 3 heterocycles. The second-order valence-corrected chi connectivity index (χ2v) is 5.04. The van der Waals surface area contributed by atoms with Crippen LogP contribution in [-0.4, -0.2) is 29.0 Å². The first-order valence-corrected chi connectivity index (χ1v) is 6.39. The number of nitrogens with one attached hydrogen (secondary N) is 1. The lowest BCUT2D eigenvalue weighted by Gasteiger charge is -2.08. The van der Waals surface area contributed by atoms with Gasteiger partial charge in [-0.2, -0.15) is 0 Å². The molecule has 1 amide bonds. The molecule has 88 valence electrons.